The van der Waals surface area contributed by atoms with Gasteiger partial charge < -0.3 is 4.74 Å². The van der Waals surface area contributed by atoms with Crippen molar-refractivity contribution in [2.24, 2.45) is 11.8 Å². The molecule has 0 spiro atoms. The Morgan fingerprint density at radius 2 is 2.17 bits per heavy atom. The summed E-state index contributed by atoms with van der Waals surface area (Å²) in [6, 6.07) is 0. The maximum Gasteiger partial charge on any atom is 0.159 e. The Morgan fingerprint density at radius 3 is 2.89 bits per heavy atom. The largest absolute Gasteiger partial charge is 0.370 e. The molecule has 2 heterocycles. The number of Topliss-reactive ketones (excluding diaryl/α,β-unsaturated/α-hetero) is 2. The minimum atomic E-state index is -0.100. The molecule has 4 aliphatic rings. The van der Waals surface area contributed by atoms with Gasteiger partial charge in [-0.2, -0.15) is 0 Å². The molecule has 98 valence electrons. The van der Waals surface area contributed by atoms with E-state index >= 15 is 0 Å². The van der Waals surface area contributed by atoms with Crippen LogP contribution in [0.15, 0.2) is 11.1 Å². The SMILES string of the molecule is CCC(=O)[C@H]1C[C@H]2C3=C(CCCC3=O)[C@H]1O[C@@H]2C. The van der Waals surface area contributed by atoms with E-state index in [0.717, 1.165) is 30.4 Å². The highest BCUT2D eigenvalue weighted by Crippen LogP contribution is 2.48. The predicted octanol–water partition coefficient (Wildman–Crippen LogP) is 2.44. The van der Waals surface area contributed by atoms with Gasteiger partial charge >= 0.3 is 0 Å². The maximum absolute atomic E-state index is 12.1. The number of rotatable bonds is 2. The van der Waals surface area contributed by atoms with Crippen molar-refractivity contribution >= 4 is 11.6 Å². The molecule has 3 nitrogen and oxygen atoms in total. The molecule has 0 N–H and O–H groups in total. The van der Waals surface area contributed by atoms with Gasteiger partial charge in [0.05, 0.1) is 12.2 Å². The standard InChI is InChI=1S/C15H20O3/c1-3-12(16)11-7-10-8(2)18-15(11)9-5-4-6-13(17)14(9)10/h8,10-11,15H,3-7H2,1-2H3/t8-,10-,11-,15-/m1/s1. The summed E-state index contributed by atoms with van der Waals surface area (Å²) in [4.78, 5) is 24.1. The quantitative estimate of drug-likeness (QED) is 0.754. The number of hydrogen-bond donors (Lipinski definition) is 0. The summed E-state index contributed by atoms with van der Waals surface area (Å²) in [6.07, 6.45) is 3.94. The molecule has 0 radical (unpaired) electrons. The van der Waals surface area contributed by atoms with Crippen molar-refractivity contribution in [1.82, 2.24) is 0 Å². The molecule has 0 saturated carbocycles. The van der Waals surface area contributed by atoms with E-state index in [1.54, 1.807) is 0 Å². The lowest BCUT2D eigenvalue weighted by atomic mass is 9.64. The zero-order valence-corrected chi connectivity index (χ0v) is 11.1. The first-order chi connectivity index (χ1) is 8.63. The highest BCUT2D eigenvalue weighted by atomic mass is 16.5. The lowest BCUT2D eigenvalue weighted by molar-refractivity contribution is -0.145. The van der Waals surface area contributed by atoms with Crippen LogP contribution in [0.5, 0.6) is 0 Å². The number of hydrogen-bond acceptors (Lipinski definition) is 3. The van der Waals surface area contributed by atoms with Crippen LogP contribution in [-0.2, 0) is 14.3 Å². The maximum atomic E-state index is 12.1. The van der Waals surface area contributed by atoms with Crippen LogP contribution in [-0.4, -0.2) is 23.8 Å². The van der Waals surface area contributed by atoms with E-state index in [1.165, 1.54) is 0 Å². The fraction of sp³-hybridized carbons (Fsp3) is 0.733. The lowest BCUT2D eigenvalue weighted by Gasteiger charge is -2.49. The lowest BCUT2D eigenvalue weighted by Crippen LogP contribution is -2.51. The minimum Gasteiger partial charge on any atom is -0.370 e. The summed E-state index contributed by atoms with van der Waals surface area (Å²) in [5, 5.41) is 0. The third-order valence-corrected chi connectivity index (χ3v) is 4.77. The number of carbonyl (C=O) groups excluding carboxylic acids is 2. The Bertz CT molecular complexity index is 435. The summed E-state index contributed by atoms with van der Waals surface area (Å²) in [5.41, 5.74) is 2.19. The summed E-state index contributed by atoms with van der Waals surface area (Å²) >= 11 is 0. The van der Waals surface area contributed by atoms with Gasteiger partial charge in [-0.05, 0) is 31.8 Å². The molecule has 1 saturated heterocycles. The minimum absolute atomic E-state index is 0.000787. The van der Waals surface area contributed by atoms with Crippen LogP contribution in [0, 0.1) is 11.8 Å². The van der Waals surface area contributed by atoms with Crippen LogP contribution >= 0.6 is 0 Å². The molecule has 3 heteroatoms. The fourth-order valence-corrected chi connectivity index (χ4v) is 3.88. The van der Waals surface area contributed by atoms with E-state index in [4.69, 9.17) is 4.74 Å². The number of ketones is 2. The van der Waals surface area contributed by atoms with Crippen molar-refractivity contribution in [3.8, 4) is 0 Å². The molecule has 0 aromatic rings. The highest BCUT2D eigenvalue weighted by Gasteiger charge is 2.50. The van der Waals surface area contributed by atoms with E-state index in [-0.39, 0.29) is 24.0 Å². The van der Waals surface area contributed by atoms with E-state index in [2.05, 4.69) is 0 Å². The summed E-state index contributed by atoms with van der Waals surface area (Å²) in [5.74, 6) is 0.768. The van der Waals surface area contributed by atoms with Crippen LogP contribution < -0.4 is 0 Å². The van der Waals surface area contributed by atoms with Crippen molar-refractivity contribution in [3.05, 3.63) is 11.1 Å². The molecule has 18 heavy (non-hydrogen) atoms. The molecule has 0 aromatic heterocycles. The predicted molar refractivity (Wildman–Crippen MR) is 67.1 cm³/mol. The van der Waals surface area contributed by atoms with Gasteiger partial charge in [-0.25, -0.2) is 0 Å². The Balaban J connectivity index is 2.01. The molecule has 2 aliphatic carbocycles. The van der Waals surface area contributed by atoms with E-state index in [9.17, 15) is 9.59 Å². The van der Waals surface area contributed by atoms with Gasteiger partial charge in [-0.15, -0.1) is 0 Å². The second-order valence-corrected chi connectivity index (χ2v) is 5.75. The first kappa shape index (κ1) is 12.1. The molecule has 2 bridgehead atoms. The normalized spacial score (nSPS) is 38.9. The van der Waals surface area contributed by atoms with Crippen molar-refractivity contribution < 1.29 is 14.3 Å². The van der Waals surface area contributed by atoms with E-state index in [0.29, 0.717) is 24.4 Å². The summed E-state index contributed by atoms with van der Waals surface area (Å²) < 4.78 is 6.01. The van der Waals surface area contributed by atoms with Gasteiger partial charge in [0.15, 0.2) is 5.78 Å². The Morgan fingerprint density at radius 1 is 1.39 bits per heavy atom. The number of carbonyl (C=O) groups is 2. The highest BCUT2D eigenvalue weighted by molar-refractivity contribution is 5.98. The molecule has 2 aliphatic heterocycles. The van der Waals surface area contributed by atoms with Crippen molar-refractivity contribution in [2.45, 2.75) is 58.2 Å². The van der Waals surface area contributed by atoms with Crippen molar-refractivity contribution in [3.63, 3.8) is 0 Å². The molecule has 0 amide bonds. The third-order valence-electron chi connectivity index (χ3n) is 4.77. The first-order valence-electron chi connectivity index (χ1n) is 7.07. The average molecular weight is 248 g/mol. The third kappa shape index (κ3) is 1.60. The van der Waals surface area contributed by atoms with Crippen LogP contribution in [0.25, 0.3) is 0 Å². The second kappa shape index (κ2) is 4.30. The molecule has 1 fully saturated rings. The average Bonchev–Trinajstić information content (AvgIpc) is 2.38. The number of ether oxygens (including phenoxy) is 1. The van der Waals surface area contributed by atoms with E-state index in [1.807, 2.05) is 13.8 Å². The zero-order valence-electron chi connectivity index (χ0n) is 11.1. The molecular weight excluding hydrogens is 228 g/mol. The summed E-state index contributed by atoms with van der Waals surface area (Å²) in [7, 11) is 0. The zero-order chi connectivity index (χ0) is 12.9. The van der Waals surface area contributed by atoms with Gasteiger partial charge in [0.25, 0.3) is 0 Å². The number of fused-ring (bicyclic) bond motifs is 2. The Kier molecular flexibility index (Phi) is 2.89. The Hall–Kier alpha value is -0.960. The van der Waals surface area contributed by atoms with E-state index < -0.39 is 0 Å². The molecule has 0 unspecified atom stereocenters. The monoisotopic (exact) mass is 248 g/mol. The van der Waals surface area contributed by atoms with Crippen molar-refractivity contribution in [1.29, 1.82) is 0 Å². The van der Waals surface area contributed by atoms with Crippen LogP contribution in [0.3, 0.4) is 0 Å². The summed E-state index contributed by atoms with van der Waals surface area (Å²) in [6.45, 7) is 3.95. The smallest absolute Gasteiger partial charge is 0.159 e. The van der Waals surface area contributed by atoms with Gasteiger partial charge in [0.1, 0.15) is 5.78 Å². The molecular formula is C15H20O3. The van der Waals surface area contributed by atoms with Gasteiger partial charge in [0.2, 0.25) is 0 Å². The van der Waals surface area contributed by atoms with Crippen LogP contribution in [0.1, 0.15) is 46.0 Å². The molecule has 4 atom stereocenters. The second-order valence-electron chi connectivity index (χ2n) is 5.75. The molecule has 0 aromatic carbocycles. The van der Waals surface area contributed by atoms with Crippen LogP contribution in [0.2, 0.25) is 0 Å². The fourth-order valence-electron chi connectivity index (χ4n) is 3.88. The Labute approximate surface area is 108 Å². The first-order valence-corrected chi connectivity index (χ1v) is 7.07. The van der Waals surface area contributed by atoms with Crippen molar-refractivity contribution in [2.75, 3.05) is 0 Å². The van der Waals surface area contributed by atoms with Gasteiger partial charge in [-0.3, -0.25) is 9.59 Å². The van der Waals surface area contributed by atoms with Gasteiger partial charge in [0, 0.05) is 30.3 Å². The molecule has 4 rings (SSSR count). The topological polar surface area (TPSA) is 43.4 Å². The van der Waals surface area contributed by atoms with Crippen LogP contribution in [0.4, 0.5) is 0 Å². The van der Waals surface area contributed by atoms with Gasteiger partial charge in [-0.1, -0.05) is 6.92 Å².